The van der Waals surface area contributed by atoms with Gasteiger partial charge in [0.2, 0.25) is 10.0 Å². The van der Waals surface area contributed by atoms with E-state index in [1.807, 2.05) is 0 Å². The normalized spacial score (nSPS) is 11.5. The first-order valence-electron chi connectivity index (χ1n) is 6.43. The highest BCUT2D eigenvalue weighted by Gasteiger charge is 2.22. The van der Waals surface area contributed by atoms with Gasteiger partial charge in [-0.3, -0.25) is 10.1 Å². The van der Waals surface area contributed by atoms with Gasteiger partial charge in [0.05, 0.1) is 4.92 Å². The van der Waals surface area contributed by atoms with E-state index in [1.54, 1.807) is 0 Å². The summed E-state index contributed by atoms with van der Waals surface area (Å²) in [6.07, 6.45) is 2.67. The van der Waals surface area contributed by atoms with Crippen LogP contribution in [-0.2, 0) is 10.0 Å². The number of halogens is 1. The van der Waals surface area contributed by atoms with Gasteiger partial charge in [-0.05, 0) is 18.9 Å². The van der Waals surface area contributed by atoms with Gasteiger partial charge in [0.1, 0.15) is 10.7 Å². The predicted octanol–water partition coefficient (Wildman–Crippen LogP) is 1.56. The molecule has 0 saturated carbocycles. The maximum atomic E-state index is 13.5. The van der Waals surface area contributed by atoms with Crippen LogP contribution in [0.2, 0.25) is 0 Å². The highest BCUT2D eigenvalue weighted by molar-refractivity contribution is 7.89. The summed E-state index contributed by atoms with van der Waals surface area (Å²) in [5.41, 5.74) is -0.486. The van der Waals surface area contributed by atoms with Crippen molar-refractivity contribution in [2.75, 3.05) is 13.2 Å². The first-order chi connectivity index (χ1) is 9.88. The van der Waals surface area contributed by atoms with Gasteiger partial charge < -0.3 is 5.11 Å². The topological polar surface area (TPSA) is 110 Å². The van der Waals surface area contributed by atoms with Crippen molar-refractivity contribution in [1.29, 1.82) is 0 Å². The largest absolute Gasteiger partial charge is 0.396 e. The van der Waals surface area contributed by atoms with Crippen molar-refractivity contribution in [3.8, 4) is 0 Å². The molecule has 1 aromatic rings. The first-order valence-corrected chi connectivity index (χ1v) is 7.91. The van der Waals surface area contributed by atoms with Crippen LogP contribution in [0.15, 0.2) is 23.1 Å². The smallest absolute Gasteiger partial charge is 0.270 e. The molecule has 0 aliphatic rings. The lowest BCUT2D eigenvalue weighted by atomic mass is 10.2. The number of unbranched alkanes of at least 4 members (excludes halogenated alkanes) is 3. The summed E-state index contributed by atoms with van der Waals surface area (Å²) in [6.45, 7) is 0.195. The Morgan fingerprint density at radius 2 is 1.90 bits per heavy atom. The minimum absolute atomic E-state index is 0.0879. The summed E-state index contributed by atoms with van der Waals surface area (Å²) in [5.74, 6) is -1.03. The number of nitrogens with zero attached hydrogens (tertiary/aromatic N) is 1. The van der Waals surface area contributed by atoms with E-state index in [2.05, 4.69) is 4.72 Å². The van der Waals surface area contributed by atoms with E-state index in [0.29, 0.717) is 18.9 Å². The van der Waals surface area contributed by atoms with E-state index in [4.69, 9.17) is 5.11 Å². The van der Waals surface area contributed by atoms with Crippen molar-refractivity contribution < 1.29 is 22.8 Å². The van der Waals surface area contributed by atoms with Crippen molar-refractivity contribution in [2.24, 2.45) is 0 Å². The molecule has 0 bridgehead atoms. The third-order valence-corrected chi connectivity index (χ3v) is 4.27. The Morgan fingerprint density at radius 1 is 1.24 bits per heavy atom. The number of nitrogens with one attached hydrogen (secondary N) is 1. The van der Waals surface area contributed by atoms with Crippen LogP contribution in [0.3, 0.4) is 0 Å². The average molecular weight is 320 g/mol. The number of rotatable bonds is 9. The van der Waals surface area contributed by atoms with E-state index >= 15 is 0 Å². The van der Waals surface area contributed by atoms with Crippen molar-refractivity contribution >= 4 is 15.7 Å². The number of sulfonamides is 1. The highest BCUT2D eigenvalue weighted by Crippen LogP contribution is 2.20. The fraction of sp³-hybridized carbons (Fsp3) is 0.500. The van der Waals surface area contributed by atoms with Gasteiger partial charge in [0, 0.05) is 25.3 Å². The molecule has 1 aromatic carbocycles. The van der Waals surface area contributed by atoms with Gasteiger partial charge in [-0.25, -0.2) is 17.5 Å². The molecule has 2 N–H and O–H groups in total. The summed E-state index contributed by atoms with van der Waals surface area (Å²) < 4.78 is 39.5. The Labute approximate surface area is 122 Å². The van der Waals surface area contributed by atoms with E-state index in [1.165, 1.54) is 0 Å². The van der Waals surface area contributed by atoms with Crippen LogP contribution in [0.4, 0.5) is 10.1 Å². The Balaban J connectivity index is 2.70. The first kappa shape index (κ1) is 17.5. The summed E-state index contributed by atoms with van der Waals surface area (Å²) >= 11 is 0. The molecule has 7 nitrogen and oxygen atoms in total. The third kappa shape index (κ3) is 5.37. The van der Waals surface area contributed by atoms with Crippen molar-refractivity contribution in [3.05, 3.63) is 34.1 Å². The van der Waals surface area contributed by atoms with Crippen LogP contribution >= 0.6 is 0 Å². The van der Waals surface area contributed by atoms with E-state index in [0.717, 1.165) is 25.0 Å². The second kappa shape index (κ2) is 8.01. The molecular weight excluding hydrogens is 303 g/mol. The molecule has 0 aromatic heterocycles. The lowest BCUT2D eigenvalue weighted by molar-refractivity contribution is -0.385. The predicted molar refractivity (Wildman–Crippen MR) is 73.8 cm³/mol. The molecule has 0 atom stereocenters. The van der Waals surface area contributed by atoms with Crippen LogP contribution in [-0.4, -0.2) is 31.6 Å². The molecule has 0 amide bonds. The van der Waals surface area contributed by atoms with Gasteiger partial charge in [-0.1, -0.05) is 12.8 Å². The van der Waals surface area contributed by atoms with Gasteiger partial charge in [0.25, 0.3) is 5.69 Å². The zero-order valence-electron chi connectivity index (χ0n) is 11.3. The van der Waals surface area contributed by atoms with Crippen LogP contribution in [0.25, 0.3) is 0 Å². The molecular formula is C12H17FN2O5S. The molecule has 0 aliphatic heterocycles. The number of hydrogen-bond donors (Lipinski definition) is 2. The van der Waals surface area contributed by atoms with Gasteiger partial charge >= 0.3 is 0 Å². The fourth-order valence-electron chi connectivity index (χ4n) is 1.69. The molecule has 0 radical (unpaired) electrons. The molecule has 0 saturated heterocycles. The van der Waals surface area contributed by atoms with Gasteiger partial charge in [-0.15, -0.1) is 0 Å². The van der Waals surface area contributed by atoms with Crippen LogP contribution in [0.5, 0.6) is 0 Å². The summed E-state index contributed by atoms with van der Waals surface area (Å²) in [4.78, 5) is 9.09. The summed E-state index contributed by atoms with van der Waals surface area (Å²) in [5, 5.41) is 19.2. The lowest BCUT2D eigenvalue weighted by Gasteiger charge is -2.07. The summed E-state index contributed by atoms with van der Waals surface area (Å²) in [7, 11) is -4.12. The zero-order valence-corrected chi connectivity index (χ0v) is 12.1. The average Bonchev–Trinajstić information content (AvgIpc) is 2.42. The number of nitro benzene ring substituents is 1. The second-order valence-corrected chi connectivity index (χ2v) is 6.14. The van der Waals surface area contributed by atoms with Crippen molar-refractivity contribution in [3.63, 3.8) is 0 Å². The molecule has 0 heterocycles. The monoisotopic (exact) mass is 320 g/mol. The number of nitro groups is 1. The quantitative estimate of drug-likeness (QED) is 0.408. The Morgan fingerprint density at radius 3 is 2.52 bits per heavy atom. The molecule has 1 rings (SSSR count). The molecule has 0 aliphatic carbocycles. The van der Waals surface area contributed by atoms with E-state index < -0.39 is 31.3 Å². The molecule has 0 unspecified atom stereocenters. The SMILES string of the molecule is O=[N+]([O-])c1ccc(F)c(S(=O)(=O)NCCCCCCO)c1. The van der Waals surface area contributed by atoms with E-state index in [9.17, 15) is 22.9 Å². The van der Waals surface area contributed by atoms with Crippen LogP contribution in [0, 0.1) is 15.9 Å². The highest BCUT2D eigenvalue weighted by atomic mass is 32.2. The number of non-ortho nitro benzene ring substituents is 1. The standard InChI is InChI=1S/C12H17FN2O5S/c13-11-6-5-10(15(17)18)9-12(11)21(19,20)14-7-3-1-2-4-8-16/h5-6,9,14,16H,1-4,7-8H2. The number of hydrogen-bond acceptors (Lipinski definition) is 5. The molecule has 0 fully saturated rings. The zero-order chi connectivity index (χ0) is 15.9. The fourth-order valence-corrected chi connectivity index (χ4v) is 2.86. The number of aliphatic hydroxyl groups excluding tert-OH is 1. The molecule has 118 valence electrons. The van der Waals surface area contributed by atoms with E-state index in [-0.39, 0.29) is 13.2 Å². The number of aliphatic hydroxyl groups is 1. The minimum Gasteiger partial charge on any atom is -0.396 e. The van der Waals surface area contributed by atoms with Crippen LogP contribution in [0.1, 0.15) is 25.7 Å². The maximum Gasteiger partial charge on any atom is 0.270 e. The Kier molecular flexibility index (Phi) is 6.66. The third-order valence-electron chi connectivity index (χ3n) is 2.79. The molecule has 21 heavy (non-hydrogen) atoms. The second-order valence-electron chi connectivity index (χ2n) is 4.41. The van der Waals surface area contributed by atoms with Crippen molar-refractivity contribution in [2.45, 2.75) is 30.6 Å². The maximum absolute atomic E-state index is 13.5. The van der Waals surface area contributed by atoms with Gasteiger partial charge in [0.15, 0.2) is 0 Å². The molecule has 0 spiro atoms. The summed E-state index contributed by atoms with van der Waals surface area (Å²) in [6, 6.07) is 2.36. The Hall–Kier alpha value is -1.58. The minimum atomic E-state index is -4.12. The van der Waals surface area contributed by atoms with Crippen LogP contribution < -0.4 is 4.72 Å². The Bertz CT molecular complexity index is 591. The lowest BCUT2D eigenvalue weighted by Crippen LogP contribution is -2.25. The van der Waals surface area contributed by atoms with Gasteiger partial charge in [-0.2, -0.15) is 0 Å². The molecule has 9 heteroatoms. The number of benzene rings is 1. The van der Waals surface area contributed by atoms with Crippen molar-refractivity contribution in [1.82, 2.24) is 4.72 Å².